The third kappa shape index (κ3) is 5.15. The Kier molecular flexibility index (Phi) is 7.44. The van der Waals surface area contributed by atoms with Gasteiger partial charge in [-0.3, -0.25) is 0 Å². The molecule has 5 aliphatic rings. The Hall–Kier alpha value is -5.86. The van der Waals surface area contributed by atoms with E-state index in [1.807, 2.05) is 0 Å². The van der Waals surface area contributed by atoms with Crippen LogP contribution in [0.25, 0.3) is 44.2 Å². The summed E-state index contributed by atoms with van der Waals surface area (Å²) in [5.41, 5.74) is 20.5. The minimum atomic E-state index is -0.0310. The first kappa shape index (κ1) is 31.8. The first-order valence-electron chi connectivity index (χ1n) is 19.3. The van der Waals surface area contributed by atoms with Gasteiger partial charge in [0.2, 0.25) is 0 Å². The van der Waals surface area contributed by atoms with Gasteiger partial charge in [0.15, 0.2) is 0 Å². The molecule has 258 valence electrons. The molecule has 4 aliphatic carbocycles. The van der Waals surface area contributed by atoms with Crippen molar-refractivity contribution in [3.63, 3.8) is 0 Å². The van der Waals surface area contributed by atoms with Gasteiger partial charge < -0.3 is 9.47 Å². The van der Waals surface area contributed by atoms with Crippen molar-refractivity contribution < 1.29 is 0 Å². The minimum absolute atomic E-state index is 0.0310. The molecule has 4 aromatic carbocycles. The fourth-order valence-corrected chi connectivity index (χ4v) is 9.55. The molecule has 0 amide bonds. The average Bonchev–Trinajstić information content (AvgIpc) is 3.65. The van der Waals surface area contributed by atoms with Crippen LogP contribution in [0.5, 0.6) is 0 Å². The zero-order valence-corrected chi connectivity index (χ0v) is 30.7. The number of aromatic nitrogens is 1. The van der Waals surface area contributed by atoms with Crippen molar-refractivity contribution in [1.29, 1.82) is 0 Å². The quantitative estimate of drug-likeness (QED) is 0.183. The van der Waals surface area contributed by atoms with E-state index in [2.05, 4.69) is 176 Å². The Morgan fingerprint density at radius 3 is 2.04 bits per heavy atom. The molecule has 0 spiro atoms. The minimum Gasteiger partial charge on any atom is -0.320 e. The maximum Gasteiger partial charge on any atom is 0.0537 e. The van der Waals surface area contributed by atoms with Crippen LogP contribution >= 0.6 is 0 Å². The number of para-hydroxylation sites is 3. The second kappa shape index (κ2) is 12.4. The highest BCUT2D eigenvalue weighted by molar-refractivity contribution is 6.10. The van der Waals surface area contributed by atoms with Crippen LogP contribution in [0.15, 0.2) is 175 Å². The van der Waals surface area contributed by atoms with Crippen molar-refractivity contribution in [1.82, 2.24) is 4.57 Å². The lowest BCUT2D eigenvalue weighted by Gasteiger charge is -2.30. The van der Waals surface area contributed by atoms with Gasteiger partial charge in [0.05, 0.1) is 16.7 Å². The van der Waals surface area contributed by atoms with E-state index in [4.69, 9.17) is 0 Å². The van der Waals surface area contributed by atoms with Crippen molar-refractivity contribution >= 4 is 49.9 Å². The van der Waals surface area contributed by atoms with E-state index in [9.17, 15) is 0 Å². The predicted octanol–water partition coefficient (Wildman–Crippen LogP) is 13.5. The van der Waals surface area contributed by atoms with E-state index in [-0.39, 0.29) is 5.41 Å². The molecule has 5 aromatic rings. The summed E-state index contributed by atoms with van der Waals surface area (Å²) in [6.07, 6.45) is 26.9. The van der Waals surface area contributed by atoms with Crippen LogP contribution in [0.3, 0.4) is 0 Å². The van der Waals surface area contributed by atoms with Crippen molar-refractivity contribution in [2.75, 3.05) is 4.90 Å². The zero-order valence-electron chi connectivity index (χ0n) is 30.7. The average molecular weight is 685 g/mol. The number of allylic oxidation sites excluding steroid dienone is 16. The molecular weight excluding hydrogens is 641 g/mol. The normalized spacial score (nSPS) is 20.4. The number of fused-ring (bicyclic) bond motifs is 6. The third-order valence-corrected chi connectivity index (χ3v) is 12.3. The smallest absolute Gasteiger partial charge is 0.0537 e. The molecular formula is C51H44N2. The third-order valence-electron chi connectivity index (χ3n) is 12.3. The SMILES string of the molecule is C=C1/C=C\C=C/N(C2=CC=C(C3=CC4=C(CC3)c3ccc(C5=CC=C(n6c7ccccc7c7ccccc76)CC5)cc3C4(C)C)CC2)c2ccccc21. The molecule has 53 heavy (non-hydrogen) atoms. The van der Waals surface area contributed by atoms with E-state index >= 15 is 0 Å². The summed E-state index contributed by atoms with van der Waals surface area (Å²) in [4.78, 5) is 2.35. The Morgan fingerprint density at radius 1 is 0.604 bits per heavy atom. The lowest BCUT2D eigenvalue weighted by atomic mass is 9.77. The van der Waals surface area contributed by atoms with Gasteiger partial charge in [-0.1, -0.05) is 118 Å². The summed E-state index contributed by atoms with van der Waals surface area (Å²) < 4.78 is 2.48. The summed E-state index contributed by atoms with van der Waals surface area (Å²) in [6.45, 7) is 9.20. The van der Waals surface area contributed by atoms with E-state index in [1.165, 1.54) is 83.4 Å². The first-order chi connectivity index (χ1) is 26.0. The molecule has 0 bridgehead atoms. The maximum absolute atomic E-state index is 4.32. The molecule has 1 aromatic heterocycles. The Bertz CT molecular complexity index is 2600. The van der Waals surface area contributed by atoms with Gasteiger partial charge in [0.1, 0.15) is 0 Å². The molecule has 0 N–H and O–H groups in total. The number of nitrogens with zero attached hydrogens (tertiary/aromatic N) is 2. The van der Waals surface area contributed by atoms with E-state index < -0.39 is 0 Å². The zero-order chi connectivity index (χ0) is 35.7. The fourth-order valence-electron chi connectivity index (χ4n) is 9.55. The molecule has 0 atom stereocenters. The van der Waals surface area contributed by atoms with Crippen molar-refractivity contribution in [3.05, 3.63) is 197 Å². The fraction of sp³-hybridized carbons (Fsp3) is 0.176. The van der Waals surface area contributed by atoms with Crippen LogP contribution in [0.4, 0.5) is 5.69 Å². The van der Waals surface area contributed by atoms with Gasteiger partial charge in [0, 0.05) is 39.3 Å². The van der Waals surface area contributed by atoms with E-state index in [1.54, 1.807) is 5.57 Å². The van der Waals surface area contributed by atoms with Gasteiger partial charge in [-0.2, -0.15) is 0 Å². The summed E-state index contributed by atoms with van der Waals surface area (Å²) in [7, 11) is 0. The Balaban J connectivity index is 0.930. The number of hydrogen-bond donors (Lipinski definition) is 0. The topological polar surface area (TPSA) is 8.17 Å². The lowest BCUT2D eigenvalue weighted by Crippen LogP contribution is -2.19. The van der Waals surface area contributed by atoms with Crippen LogP contribution < -0.4 is 4.90 Å². The molecule has 2 nitrogen and oxygen atoms in total. The summed E-state index contributed by atoms with van der Waals surface area (Å²) in [6, 6.07) is 33.6. The molecule has 0 unspecified atom stereocenters. The van der Waals surface area contributed by atoms with Crippen molar-refractivity contribution in [2.24, 2.45) is 0 Å². The highest BCUT2D eigenvalue weighted by Gasteiger charge is 2.38. The van der Waals surface area contributed by atoms with Crippen LogP contribution in [0.1, 0.15) is 74.6 Å². The molecule has 1 aliphatic heterocycles. The second-order valence-corrected chi connectivity index (χ2v) is 15.6. The summed E-state index contributed by atoms with van der Waals surface area (Å²) in [5, 5.41) is 2.65. The summed E-state index contributed by atoms with van der Waals surface area (Å²) in [5.74, 6) is 0. The Labute approximate surface area is 313 Å². The highest BCUT2D eigenvalue weighted by Crippen LogP contribution is 2.53. The van der Waals surface area contributed by atoms with Crippen molar-refractivity contribution in [2.45, 2.75) is 57.8 Å². The molecule has 0 radical (unpaired) electrons. The number of benzene rings is 4. The largest absolute Gasteiger partial charge is 0.320 e. The molecule has 2 heteroatoms. The summed E-state index contributed by atoms with van der Waals surface area (Å²) >= 11 is 0. The standard InChI is InChI=1S/C51H44N2/c1-34-12-10-11-31-52(48-16-7-4-13-41(34)48)39-25-19-35(20-26-39)37-23-29-42-43-30-24-38(33-47(43)51(2,3)46(42)32-37)36-21-27-40(28-22-36)53-49-17-8-5-14-44(49)45-15-6-9-18-50(45)53/h4-19,21,24-25,27,30-33H,1,20,22-23,26,28-29H2,2-3H3/b12-10-,31-11-. The van der Waals surface area contributed by atoms with Crippen LogP contribution in [0, 0.1) is 0 Å². The van der Waals surface area contributed by atoms with Gasteiger partial charge >= 0.3 is 0 Å². The molecule has 10 rings (SSSR count). The molecule has 0 fully saturated rings. The van der Waals surface area contributed by atoms with Crippen LogP contribution in [0.2, 0.25) is 0 Å². The second-order valence-electron chi connectivity index (χ2n) is 15.6. The lowest BCUT2D eigenvalue weighted by molar-refractivity contribution is 0.649. The molecule has 0 saturated carbocycles. The maximum atomic E-state index is 4.32. The number of hydrogen-bond acceptors (Lipinski definition) is 1. The first-order valence-corrected chi connectivity index (χ1v) is 19.3. The molecule has 2 heterocycles. The van der Waals surface area contributed by atoms with E-state index in [0.29, 0.717) is 0 Å². The number of anilines is 1. The predicted molar refractivity (Wildman–Crippen MR) is 226 cm³/mol. The van der Waals surface area contributed by atoms with Gasteiger partial charge in [-0.15, -0.1) is 0 Å². The van der Waals surface area contributed by atoms with E-state index in [0.717, 1.165) is 44.1 Å². The van der Waals surface area contributed by atoms with Gasteiger partial charge in [0.25, 0.3) is 0 Å². The molecule has 0 saturated heterocycles. The van der Waals surface area contributed by atoms with Gasteiger partial charge in [-0.05, 0) is 131 Å². The van der Waals surface area contributed by atoms with Gasteiger partial charge in [-0.25, -0.2) is 0 Å². The monoisotopic (exact) mass is 684 g/mol. The van der Waals surface area contributed by atoms with Crippen molar-refractivity contribution in [3.8, 4) is 0 Å². The number of rotatable bonds is 4. The van der Waals surface area contributed by atoms with Crippen LogP contribution in [-0.4, -0.2) is 4.57 Å². The highest BCUT2D eigenvalue weighted by atomic mass is 15.1. The Morgan fingerprint density at radius 2 is 1.28 bits per heavy atom. The van der Waals surface area contributed by atoms with Crippen LogP contribution in [-0.2, 0) is 5.41 Å².